The van der Waals surface area contributed by atoms with Crippen LogP contribution in [0.4, 0.5) is 0 Å². The standard InChI is InChI=1S/C24H38O3Si/c1-17(2)28(18(3)4,19(5)6)23-21(24(7,26-8)14-22(23)25)16-27-15-20-12-10-9-11-13-20/h9-13,17-19H,14-16H2,1-8H3/t24-/m0/s1. The maximum Gasteiger partial charge on any atom is 0.158 e. The highest BCUT2D eigenvalue weighted by atomic mass is 28.3. The van der Waals surface area contributed by atoms with Crippen molar-refractivity contribution in [2.75, 3.05) is 13.7 Å². The number of hydrogen-bond acceptors (Lipinski definition) is 3. The van der Waals surface area contributed by atoms with Gasteiger partial charge >= 0.3 is 0 Å². The predicted molar refractivity (Wildman–Crippen MR) is 119 cm³/mol. The van der Waals surface area contributed by atoms with Crippen LogP contribution in [0.5, 0.6) is 0 Å². The van der Waals surface area contributed by atoms with Crippen LogP contribution in [0.2, 0.25) is 16.6 Å². The molecule has 0 fully saturated rings. The normalized spacial score (nSPS) is 20.9. The van der Waals surface area contributed by atoms with E-state index in [1.165, 1.54) is 0 Å². The van der Waals surface area contributed by atoms with Crippen molar-refractivity contribution in [1.82, 2.24) is 0 Å². The Morgan fingerprint density at radius 1 is 0.964 bits per heavy atom. The number of ketones is 1. The minimum Gasteiger partial charge on any atom is -0.374 e. The van der Waals surface area contributed by atoms with E-state index in [2.05, 4.69) is 60.6 Å². The molecule has 0 amide bonds. The van der Waals surface area contributed by atoms with Gasteiger partial charge in [-0.2, -0.15) is 0 Å². The van der Waals surface area contributed by atoms with Crippen LogP contribution in [0.1, 0.15) is 60.5 Å². The maximum absolute atomic E-state index is 13.4. The fourth-order valence-electron chi connectivity index (χ4n) is 5.57. The van der Waals surface area contributed by atoms with E-state index in [1.807, 2.05) is 18.2 Å². The Kier molecular flexibility index (Phi) is 7.46. The van der Waals surface area contributed by atoms with Crippen molar-refractivity contribution in [3.8, 4) is 0 Å². The van der Waals surface area contributed by atoms with Gasteiger partial charge in [-0.1, -0.05) is 71.9 Å². The number of carbonyl (C=O) groups is 1. The second-order valence-electron chi connectivity index (χ2n) is 9.26. The van der Waals surface area contributed by atoms with Crippen molar-refractivity contribution < 1.29 is 14.3 Å². The van der Waals surface area contributed by atoms with Gasteiger partial charge in [-0.15, -0.1) is 0 Å². The number of rotatable bonds is 9. The van der Waals surface area contributed by atoms with E-state index >= 15 is 0 Å². The van der Waals surface area contributed by atoms with E-state index in [0.29, 0.717) is 36.3 Å². The van der Waals surface area contributed by atoms with Gasteiger partial charge in [0.1, 0.15) is 0 Å². The summed E-state index contributed by atoms with van der Waals surface area (Å²) >= 11 is 0. The van der Waals surface area contributed by atoms with Crippen LogP contribution in [0.3, 0.4) is 0 Å². The van der Waals surface area contributed by atoms with E-state index in [-0.39, 0.29) is 5.78 Å². The molecule has 0 saturated carbocycles. The van der Waals surface area contributed by atoms with Crippen LogP contribution >= 0.6 is 0 Å². The summed E-state index contributed by atoms with van der Waals surface area (Å²) in [5, 5.41) is 1.10. The lowest BCUT2D eigenvalue weighted by Gasteiger charge is -2.44. The number of allylic oxidation sites excluding steroid dienone is 1. The van der Waals surface area contributed by atoms with Crippen LogP contribution in [-0.4, -0.2) is 33.2 Å². The summed E-state index contributed by atoms with van der Waals surface area (Å²) in [7, 11) is -0.366. The van der Waals surface area contributed by atoms with Crippen LogP contribution in [0, 0.1) is 0 Å². The van der Waals surface area contributed by atoms with Crippen molar-refractivity contribution in [1.29, 1.82) is 0 Å². The average molecular weight is 403 g/mol. The molecule has 156 valence electrons. The summed E-state index contributed by atoms with van der Waals surface area (Å²) in [5.74, 6) is 0.283. The van der Waals surface area contributed by atoms with Gasteiger partial charge in [0.05, 0.1) is 26.9 Å². The molecule has 0 aliphatic heterocycles. The smallest absolute Gasteiger partial charge is 0.158 e. The number of Topliss-reactive ketones (excluding diaryl/α,β-unsaturated/α-hetero) is 1. The largest absolute Gasteiger partial charge is 0.374 e. The zero-order chi connectivity index (χ0) is 21.1. The molecule has 1 atom stereocenters. The lowest BCUT2D eigenvalue weighted by atomic mass is 9.98. The molecule has 3 nitrogen and oxygen atoms in total. The summed E-state index contributed by atoms with van der Waals surface area (Å²) < 4.78 is 12.1. The third-order valence-corrected chi connectivity index (χ3v) is 14.0. The Hall–Kier alpha value is -1.23. The highest BCUT2D eigenvalue weighted by Gasteiger charge is 2.55. The average Bonchev–Trinajstić information content (AvgIpc) is 2.87. The molecule has 1 aliphatic rings. The summed E-state index contributed by atoms with van der Waals surface area (Å²) in [6, 6.07) is 10.2. The number of carbonyl (C=O) groups excluding carboxylic acids is 1. The molecule has 1 aromatic rings. The predicted octanol–water partition coefficient (Wildman–Crippen LogP) is 6.10. The molecule has 0 bridgehead atoms. The first-order valence-electron chi connectivity index (χ1n) is 10.5. The Labute approximate surface area is 172 Å². The first-order valence-corrected chi connectivity index (χ1v) is 12.8. The highest BCUT2D eigenvalue weighted by Crippen LogP contribution is 2.52. The second-order valence-corrected chi connectivity index (χ2v) is 15.1. The first-order chi connectivity index (χ1) is 13.1. The van der Waals surface area contributed by atoms with Gasteiger partial charge in [0.15, 0.2) is 5.78 Å². The molecule has 0 spiro atoms. The van der Waals surface area contributed by atoms with Crippen LogP contribution in [0.25, 0.3) is 0 Å². The van der Waals surface area contributed by atoms with Crippen LogP contribution in [0.15, 0.2) is 41.1 Å². The Morgan fingerprint density at radius 2 is 1.50 bits per heavy atom. The number of benzene rings is 1. The summed E-state index contributed by atoms with van der Waals surface area (Å²) in [6.45, 7) is 16.9. The molecule has 0 aromatic heterocycles. The monoisotopic (exact) mass is 402 g/mol. The fourth-order valence-corrected chi connectivity index (χ4v) is 12.7. The number of hydrogen-bond donors (Lipinski definition) is 0. The van der Waals surface area contributed by atoms with Gasteiger partial charge in [0.25, 0.3) is 0 Å². The minimum atomic E-state index is -2.08. The van der Waals surface area contributed by atoms with Gasteiger partial charge in [0.2, 0.25) is 0 Å². The number of methoxy groups -OCH3 is 1. The van der Waals surface area contributed by atoms with Crippen molar-refractivity contribution >= 4 is 13.9 Å². The van der Waals surface area contributed by atoms with Crippen molar-refractivity contribution in [3.05, 3.63) is 46.7 Å². The Morgan fingerprint density at radius 3 is 1.96 bits per heavy atom. The second kappa shape index (κ2) is 9.06. The molecule has 2 rings (SSSR count). The van der Waals surface area contributed by atoms with Crippen LogP contribution < -0.4 is 0 Å². The molecule has 1 aliphatic carbocycles. The zero-order valence-electron chi connectivity index (χ0n) is 19.0. The Balaban J connectivity index is 2.50. The highest BCUT2D eigenvalue weighted by molar-refractivity contribution is 6.93. The third-order valence-electron chi connectivity index (χ3n) is 6.82. The SMILES string of the molecule is CO[C@@]1(C)CC(=O)C([Si](C(C)C)(C(C)C)C(C)C)=C1COCc1ccccc1. The molecule has 4 heteroatoms. The summed E-state index contributed by atoms with van der Waals surface area (Å²) in [4.78, 5) is 13.4. The van der Waals surface area contributed by atoms with Crippen molar-refractivity contribution in [2.45, 2.75) is 83.7 Å². The topological polar surface area (TPSA) is 35.5 Å². The van der Waals surface area contributed by atoms with Gasteiger partial charge in [-0.05, 0) is 39.9 Å². The lowest BCUT2D eigenvalue weighted by Crippen LogP contribution is -2.49. The van der Waals surface area contributed by atoms with Crippen molar-refractivity contribution in [2.24, 2.45) is 0 Å². The van der Waals surface area contributed by atoms with E-state index in [1.54, 1.807) is 7.11 Å². The molecule has 0 heterocycles. The van der Waals surface area contributed by atoms with Gasteiger partial charge in [-0.25, -0.2) is 0 Å². The molecule has 1 aromatic carbocycles. The molecular formula is C24H38O3Si. The van der Waals surface area contributed by atoms with E-state index in [9.17, 15) is 4.79 Å². The minimum absolute atomic E-state index is 0.283. The molecule has 0 radical (unpaired) electrons. The van der Waals surface area contributed by atoms with Gasteiger partial charge in [-0.3, -0.25) is 4.79 Å². The van der Waals surface area contributed by atoms with Crippen LogP contribution in [-0.2, 0) is 20.9 Å². The van der Waals surface area contributed by atoms with Crippen molar-refractivity contribution in [3.63, 3.8) is 0 Å². The van der Waals surface area contributed by atoms with Gasteiger partial charge in [0, 0.05) is 13.5 Å². The molecule has 0 N–H and O–H groups in total. The maximum atomic E-state index is 13.4. The Bertz CT molecular complexity index is 684. The quantitative estimate of drug-likeness (QED) is 0.468. The van der Waals surface area contributed by atoms with Gasteiger partial charge < -0.3 is 9.47 Å². The van der Waals surface area contributed by atoms with E-state index in [0.717, 1.165) is 16.3 Å². The molecule has 0 unspecified atom stereocenters. The fraction of sp³-hybridized carbons (Fsp3) is 0.625. The molecule has 28 heavy (non-hydrogen) atoms. The summed E-state index contributed by atoms with van der Waals surface area (Å²) in [6.07, 6.45) is 0.434. The first kappa shape index (κ1) is 23.0. The van der Waals surface area contributed by atoms with E-state index < -0.39 is 13.7 Å². The van der Waals surface area contributed by atoms with E-state index in [4.69, 9.17) is 9.47 Å². The lowest BCUT2D eigenvalue weighted by molar-refractivity contribution is -0.117. The number of ether oxygens (including phenoxy) is 2. The molecular weight excluding hydrogens is 364 g/mol. The molecule has 0 saturated heterocycles. The third kappa shape index (κ3) is 4.05. The zero-order valence-corrected chi connectivity index (χ0v) is 20.0. The summed E-state index contributed by atoms with van der Waals surface area (Å²) in [5.41, 5.74) is 3.13.